The van der Waals surface area contributed by atoms with Gasteiger partial charge in [-0.05, 0) is 34.1 Å². The Labute approximate surface area is 109 Å². The van der Waals surface area contributed by atoms with Gasteiger partial charge in [0.15, 0.2) is 0 Å². The summed E-state index contributed by atoms with van der Waals surface area (Å²) in [5.74, 6) is 0.764. The standard InChI is InChI=1S/C11H14BrClO3/c1-14-4-5-15-6-7-16-11-3-2-9(13)8-10(11)12/h2-3,8H,4-7H2,1H3. The first-order valence-corrected chi connectivity index (χ1v) is 6.05. The van der Waals surface area contributed by atoms with Crippen molar-refractivity contribution in [3.8, 4) is 5.75 Å². The Balaban J connectivity index is 2.21. The van der Waals surface area contributed by atoms with E-state index in [1.54, 1.807) is 19.2 Å². The van der Waals surface area contributed by atoms with Crippen LogP contribution < -0.4 is 4.74 Å². The first kappa shape index (κ1) is 13.8. The van der Waals surface area contributed by atoms with E-state index in [2.05, 4.69) is 15.9 Å². The minimum absolute atomic E-state index is 0.504. The molecule has 1 aromatic rings. The monoisotopic (exact) mass is 308 g/mol. The van der Waals surface area contributed by atoms with Crippen molar-refractivity contribution in [2.45, 2.75) is 0 Å². The molecule has 0 saturated heterocycles. The molecular formula is C11H14BrClO3. The van der Waals surface area contributed by atoms with Crippen LogP contribution in [-0.4, -0.2) is 33.5 Å². The van der Waals surface area contributed by atoms with Gasteiger partial charge in [-0.3, -0.25) is 0 Å². The van der Waals surface area contributed by atoms with Gasteiger partial charge >= 0.3 is 0 Å². The number of ether oxygens (including phenoxy) is 3. The zero-order chi connectivity index (χ0) is 11.8. The molecule has 0 fully saturated rings. The van der Waals surface area contributed by atoms with Gasteiger partial charge in [0.05, 0.1) is 24.3 Å². The molecule has 0 unspecified atom stereocenters. The summed E-state index contributed by atoms with van der Waals surface area (Å²) in [5.41, 5.74) is 0. The second-order valence-corrected chi connectivity index (χ2v) is 4.32. The van der Waals surface area contributed by atoms with E-state index in [-0.39, 0.29) is 0 Å². The summed E-state index contributed by atoms with van der Waals surface area (Å²) in [6, 6.07) is 5.40. The second-order valence-electron chi connectivity index (χ2n) is 3.03. The van der Waals surface area contributed by atoms with Gasteiger partial charge in [-0.25, -0.2) is 0 Å². The molecule has 0 heterocycles. The third-order valence-corrected chi connectivity index (χ3v) is 2.67. The van der Waals surface area contributed by atoms with Crippen molar-refractivity contribution in [2.24, 2.45) is 0 Å². The van der Waals surface area contributed by atoms with Crippen LogP contribution in [0.25, 0.3) is 0 Å². The van der Waals surface area contributed by atoms with E-state index in [0.29, 0.717) is 31.5 Å². The minimum atomic E-state index is 0.504. The maximum absolute atomic E-state index is 5.81. The van der Waals surface area contributed by atoms with Crippen LogP contribution >= 0.6 is 27.5 Å². The summed E-state index contributed by atoms with van der Waals surface area (Å²) in [7, 11) is 1.64. The van der Waals surface area contributed by atoms with Crippen LogP contribution in [0.4, 0.5) is 0 Å². The molecule has 0 aromatic heterocycles. The molecule has 0 saturated carbocycles. The molecule has 0 aliphatic heterocycles. The highest BCUT2D eigenvalue weighted by Gasteiger charge is 2.01. The predicted octanol–water partition coefficient (Wildman–Crippen LogP) is 3.14. The van der Waals surface area contributed by atoms with Crippen LogP contribution in [0.15, 0.2) is 22.7 Å². The number of methoxy groups -OCH3 is 1. The fraction of sp³-hybridized carbons (Fsp3) is 0.455. The SMILES string of the molecule is COCCOCCOc1ccc(Cl)cc1Br. The quantitative estimate of drug-likeness (QED) is 0.724. The van der Waals surface area contributed by atoms with E-state index in [9.17, 15) is 0 Å². The number of benzene rings is 1. The van der Waals surface area contributed by atoms with Gasteiger partial charge < -0.3 is 14.2 Å². The van der Waals surface area contributed by atoms with Crippen LogP contribution in [0, 0.1) is 0 Å². The predicted molar refractivity (Wildman–Crippen MR) is 67.3 cm³/mol. The summed E-state index contributed by atoms with van der Waals surface area (Å²) < 4.78 is 16.5. The van der Waals surface area contributed by atoms with Crippen LogP contribution in [0.5, 0.6) is 5.75 Å². The van der Waals surface area contributed by atoms with Crippen molar-refractivity contribution in [3.63, 3.8) is 0 Å². The molecule has 0 atom stereocenters. The normalized spacial score (nSPS) is 10.4. The van der Waals surface area contributed by atoms with E-state index in [1.165, 1.54) is 0 Å². The summed E-state index contributed by atoms with van der Waals surface area (Å²) in [5, 5.41) is 0.676. The highest BCUT2D eigenvalue weighted by Crippen LogP contribution is 2.27. The largest absolute Gasteiger partial charge is 0.490 e. The number of hydrogen-bond acceptors (Lipinski definition) is 3. The molecule has 1 aromatic carbocycles. The zero-order valence-electron chi connectivity index (χ0n) is 9.04. The molecule has 0 aliphatic rings. The maximum atomic E-state index is 5.81. The Morgan fingerprint density at radius 2 is 1.94 bits per heavy atom. The van der Waals surface area contributed by atoms with Crippen molar-refractivity contribution in [2.75, 3.05) is 33.5 Å². The zero-order valence-corrected chi connectivity index (χ0v) is 11.4. The van der Waals surface area contributed by atoms with Crippen molar-refractivity contribution >= 4 is 27.5 Å². The summed E-state index contributed by atoms with van der Waals surface area (Å²) in [6.07, 6.45) is 0. The lowest BCUT2D eigenvalue weighted by molar-refractivity contribution is 0.0543. The molecule has 90 valence electrons. The molecule has 1 rings (SSSR count). The van der Waals surface area contributed by atoms with Gasteiger partial charge in [-0.1, -0.05) is 11.6 Å². The van der Waals surface area contributed by atoms with Crippen LogP contribution in [0.2, 0.25) is 5.02 Å². The van der Waals surface area contributed by atoms with E-state index in [0.717, 1.165) is 10.2 Å². The van der Waals surface area contributed by atoms with Gasteiger partial charge in [0.2, 0.25) is 0 Å². The van der Waals surface area contributed by atoms with Crippen LogP contribution in [0.3, 0.4) is 0 Å². The van der Waals surface area contributed by atoms with E-state index >= 15 is 0 Å². The first-order chi connectivity index (χ1) is 7.74. The Kier molecular flexibility index (Phi) is 6.80. The average molecular weight is 310 g/mol. The first-order valence-electron chi connectivity index (χ1n) is 4.88. The van der Waals surface area contributed by atoms with Gasteiger partial charge in [0.1, 0.15) is 12.4 Å². The lowest BCUT2D eigenvalue weighted by Crippen LogP contribution is -2.10. The Morgan fingerprint density at radius 3 is 2.62 bits per heavy atom. The molecule has 3 nitrogen and oxygen atoms in total. The Bertz CT molecular complexity index is 320. The lowest BCUT2D eigenvalue weighted by atomic mass is 10.3. The smallest absolute Gasteiger partial charge is 0.133 e. The minimum Gasteiger partial charge on any atom is -0.490 e. The van der Waals surface area contributed by atoms with Crippen molar-refractivity contribution in [1.82, 2.24) is 0 Å². The van der Waals surface area contributed by atoms with Gasteiger partial charge in [0, 0.05) is 12.1 Å². The maximum Gasteiger partial charge on any atom is 0.133 e. The summed E-state index contributed by atoms with van der Waals surface area (Å²) in [4.78, 5) is 0. The molecule has 16 heavy (non-hydrogen) atoms. The van der Waals surface area contributed by atoms with E-state index < -0.39 is 0 Å². The highest BCUT2D eigenvalue weighted by molar-refractivity contribution is 9.10. The topological polar surface area (TPSA) is 27.7 Å². The third kappa shape index (κ3) is 5.16. The third-order valence-electron chi connectivity index (χ3n) is 1.81. The Hall–Kier alpha value is -0.290. The van der Waals surface area contributed by atoms with Gasteiger partial charge in [-0.2, -0.15) is 0 Å². The van der Waals surface area contributed by atoms with Crippen molar-refractivity contribution in [1.29, 1.82) is 0 Å². The number of rotatable bonds is 7. The molecule has 0 aliphatic carbocycles. The van der Waals surface area contributed by atoms with Crippen molar-refractivity contribution < 1.29 is 14.2 Å². The van der Waals surface area contributed by atoms with Crippen LogP contribution in [-0.2, 0) is 9.47 Å². The van der Waals surface area contributed by atoms with E-state index in [4.69, 9.17) is 25.8 Å². The van der Waals surface area contributed by atoms with Gasteiger partial charge in [-0.15, -0.1) is 0 Å². The Morgan fingerprint density at radius 1 is 1.19 bits per heavy atom. The molecule has 5 heteroatoms. The summed E-state index contributed by atoms with van der Waals surface area (Å²) >= 11 is 9.18. The molecule has 0 radical (unpaired) electrons. The molecule has 0 spiro atoms. The second kappa shape index (κ2) is 7.90. The molecule has 0 bridgehead atoms. The van der Waals surface area contributed by atoms with E-state index in [1.807, 2.05) is 6.07 Å². The van der Waals surface area contributed by atoms with Crippen LogP contribution in [0.1, 0.15) is 0 Å². The fourth-order valence-electron chi connectivity index (χ4n) is 1.05. The van der Waals surface area contributed by atoms with Crippen molar-refractivity contribution in [3.05, 3.63) is 27.7 Å². The number of halogens is 2. The van der Waals surface area contributed by atoms with Gasteiger partial charge in [0.25, 0.3) is 0 Å². The fourth-order valence-corrected chi connectivity index (χ4v) is 1.84. The lowest BCUT2D eigenvalue weighted by Gasteiger charge is -2.08. The average Bonchev–Trinajstić information content (AvgIpc) is 2.26. The highest BCUT2D eigenvalue weighted by atomic mass is 79.9. The molecule has 0 amide bonds. The summed E-state index contributed by atoms with van der Waals surface area (Å²) in [6.45, 7) is 2.23. The molecule has 0 N–H and O–H groups in total. The molecular weight excluding hydrogens is 295 g/mol. The number of hydrogen-bond donors (Lipinski definition) is 0.